The predicted molar refractivity (Wildman–Crippen MR) is 69.9 cm³/mol. The molecule has 0 spiro atoms. The molecule has 1 aromatic rings. The molecule has 0 bridgehead atoms. The highest BCUT2D eigenvalue weighted by atomic mass is 19.1. The van der Waals surface area contributed by atoms with E-state index in [1.54, 1.807) is 23.1 Å². The molecule has 2 rings (SSSR count). The summed E-state index contributed by atoms with van der Waals surface area (Å²) in [5, 5.41) is 0. The van der Waals surface area contributed by atoms with Crippen molar-refractivity contribution in [3.8, 4) is 0 Å². The smallest absolute Gasteiger partial charge is 0.256 e. The fraction of sp³-hybridized carbons (Fsp3) is 0.533. The summed E-state index contributed by atoms with van der Waals surface area (Å²) in [5.74, 6) is 0.132. The maximum Gasteiger partial charge on any atom is 0.256 e. The van der Waals surface area contributed by atoms with Gasteiger partial charge in [-0.3, -0.25) is 4.79 Å². The van der Waals surface area contributed by atoms with Gasteiger partial charge in [-0.25, -0.2) is 4.39 Å². The monoisotopic (exact) mass is 249 g/mol. The van der Waals surface area contributed by atoms with E-state index in [2.05, 4.69) is 6.92 Å². The van der Waals surface area contributed by atoms with Gasteiger partial charge in [-0.1, -0.05) is 25.5 Å². The Hall–Kier alpha value is -1.38. The van der Waals surface area contributed by atoms with E-state index >= 15 is 0 Å². The molecule has 1 saturated heterocycles. The number of rotatable bonds is 2. The zero-order chi connectivity index (χ0) is 13.0. The average molecular weight is 249 g/mol. The molecule has 1 aromatic carbocycles. The Labute approximate surface area is 108 Å². The van der Waals surface area contributed by atoms with E-state index in [1.165, 1.54) is 18.9 Å². The number of hydrogen-bond acceptors (Lipinski definition) is 1. The van der Waals surface area contributed by atoms with Crippen LogP contribution in [0.5, 0.6) is 0 Å². The van der Waals surface area contributed by atoms with Crippen LogP contribution in [0.2, 0.25) is 0 Å². The fourth-order valence-corrected chi connectivity index (χ4v) is 2.58. The molecule has 1 amide bonds. The lowest BCUT2D eigenvalue weighted by atomic mass is 9.98. The number of halogens is 1. The summed E-state index contributed by atoms with van der Waals surface area (Å²) in [6.07, 6.45) is 4.41. The summed E-state index contributed by atoms with van der Waals surface area (Å²) in [7, 11) is 0. The van der Waals surface area contributed by atoms with Gasteiger partial charge in [0.2, 0.25) is 0 Å². The van der Waals surface area contributed by atoms with Gasteiger partial charge in [0.1, 0.15) is 5.82 Å². The minimum absolute atomic E-state index is 0.162. The van der Waals surface area contributed by atoms with Crippen LogP contribution in [0.1, 0.15) is 43.0 Å². The zero-order valence-corrected chi connectivity index (χ0v) is 10.9. The highest BCUT2D eigenvalue weighted by Crippen LogP contribution is 2.21. The van der Waals surface area contributed by atoms with E-state index in [0.29, 0.717) is 5.92 Å². The first kappa shape index (κ1) is 13.1. The maximum atomic E-state index is 13.6. The first-order chi connectivity index (χ1) is 8.72. The molecular weight excluding hydrogens is 229 g/mol. The third kappa shape index (κ3) is 2.89. The van der Waals surface area contributed by atoms with Crippen molar-refractivity contribution in [2.75, 3.05) is 13.1 Å². The van der Waals surface area contributed by atoms with E-state index in [0.717, 1.165) is 25.9 Å². The Morgan fingerprint density at radius 2 is 2.11 bits per heavy atom. The number of amides is 1. The van der Waals surface area contributed by atoms with Crippen molar-refractivity contribution in [1.29, 1.82) is 0 Å². The molecular formula is C15H20FNO. The van der Waals surface area contributed by atoms with E-state index in [4.69, 9.17) is 0 Å². The highest BCUT2D eigenvalue weighted by Gasteiger charge is 2.22. The number of nitrogens with zero attached hydrogens (tertiary/aromatic N) is 1. The van der Waals surface area contributed by atoms with Crippen LogP contribution in [0.25, 0.3) is 0 Å². The van der Waals surface area contributed by atoms with Crippen LogP contribution in [0.4, 0.5) is 4.39 Å². The van der Waals surface area contributed by atoms with Crippen molar-refractivity contribution < 1.29 is 9.18 Å². The summed E-state index contributed by atoms with van der Waals surface area (Å²) >= 11 is 0. The normalized spacial score (nSPS) is 20.6. The van der Waals surface area contributed by atoms with Crippen LogP contribution in [-0.4, -0.2) is 23.9 Å². The number of benzene rings is 1. The molecule has 1 atom stereocenters. The molecule has 1 fully saturated rings. The van der Waals surface area contributed by atoms with Crippen LogP contribution in [0.15, 0.2) is 24.3 Å². The van der Waals surface area contributed by atoms with Gasteiger partial charge in [0.05, 0.1) is 5.56 Å². The molecule has 1 unspecified atom stereocenters. The highest BCUT2D eigenvalue weighted by molar-refractivity contribution is 5.94. The van der Waals surface area contributed by atoms with Crippen LogP contribution in [0, 0.1) is 11.7 Å². The molecule has 2 nitrogen and oxygen atoms in total. The van der Waals surface area contributed by atoms with E-state index in [9.17, 15) is 9.18 Å². The van der Waals surface area contributed by atoms with Crippen molar-refractivity contribution in [2.45, 2.75) is 32.6 Å². The van der Waals surface area contributed by atoms with Crippen LogP contribution >= 0.6 is 0 Å². The van der Waals surface area contributed by atoms with Crippen molar-refractivity contribution >= 4 is 5.91 Å². The zero-order valence-electron chi connectivity index (χ0n) is 10.9. The molecule has 18 heavy (non-hydrogen) atoms. The van der Waals surface area contributed by atoms with E-state index in [-0.39, 0.29) is 11.5 Å². The molecule has 0 radical (unpaired) electrons. The predicted octanol–water partition coefficient (Wildman–Crippen LogP) is 3.48. The lowest BCUT2D eigenvalue weighted by molar-refractivity contribution is 0.0755. The first-order valence-corrected chi connectivity index (χ1v) is 6.76. The van der Waals surface area contributed by atoms with Crippen LogP contribution in [0.3, 0.4) is 0 Å². The third-order valence-electron chi connectivity index (χ3n) is 3.82. The second-order valence-electron chi connectivity index (χ2n) is 4.98. The summed E-state index contributed by atoms with van der Waals surface area (Å²) in [6, 6.07) is 6.24. The molecule has 1 aliphatic heterocycles. The second kappa shape index (κ2) is 5.98. The van der Waals surface area contributed by atoms with Crippen LogP contribution in [-0.2, 0) is 0 Å². The minimum Gasteiger partial charge on any atom is -0.339 e. The quantitative estimate of drug-likeness (QED) is 0.785. The second-order valence-corrected chi connectivity index (χ2v) is 4.98. The Balaban J connectivity index is 2.08. The molecule has 3 heteroatoms. The number of carbonyl (C=O) groups excluding carboxylic acids is 1. The fourth-order valence-electron chi connectivity index (χ4n) is 2.58. The molecule has 0 aromatic heterocycles. The molecule has 1 heterocycles. The first-order valence-electron chi connectivity index (χ1n) is 6.76. The average Bonchev–Trinajstić information content (AvgIpc) is 2.63. The summed E-state index contributed by atoms with van der Waals surface area (Å²) in [6.45, 7) is 3.70. The Kier molecular flexibility index (Phi) is 4.34. The summed E-state index contributed by atoms with van der Waals surface area (Å²) in [5.41, 5.74) is 0.201. The van der Waals surface area contributed by atoms with Gasteiger partial charge in [0.15, 0.2) is 0 Å². The summed E-state index contributed by atoms with van der Waals surface area (Å²) in [4.78, 5) is 14.1. The van der Waals surface area contributed by atoms with Crippen LogP contribution < -0.4 is 0 Å². The van der Waals surface area contributed by atoms with Gasteiger partial charge < -0.3 is 4.90 Å². The Bertz CT molecular complexity index is 419. The maximum absolute atomic E-state index is 13.6. The standard InChI is InChI=1S/C15H20FNO/c1-2-12-6-5-10-17(11-9-12)15(18)13-7-3-4-8-14(13)16/h3-4,7-8,12H,2,5-6,9-11H2,1H3. The third-order valence-corrected chi connectivity index (χ3v) is 3.82. The van der Waals surface area contributed by atoms with Gasteiger partial charge in [-0.2, -0.15) is 0 Å². The molecule has 0 aliphatic carbocycles. The van der Waals surface area contributed by atoms with E-state index < -0.39 is 5.82 Å². The largest absolute Gasteiger partial charge is 0.339 e. The van der Waals surface area contributed by atoms with Gasteiger partial charge in [-0.15, -0.1) is 0 Å². The Morgan fingerprint density at radius 1 is 1.33 bits per heavy atom. The van der Waals surface area contributed by atoms with Gasteiger partial charge >= 0.3 is 0 Å². The lowest BCUT2D eigenvalue weighted by Gasteiger charge is -2.20. The molecule has 98 valence electrons. The van der Waals surface area contributed by atoms with Crippen molar-refractivity contribution in [3.05, 3.63) is 35.6 Å². The topological polar surface area (TPSA) is 20.3 Å². The number of likely N-dealkylation sites (tertiary alicyclic amines) is 1. The SMILES string of the molecule is CCC1CCCN(C(=O)c2ccccc2F)CC1. The van der Waals surface area contributed by atoms with Gasteiger partial charge in [-0.05, 0) is 37.3 Å². The van der Waals surface area contributed by atoms with Crippen molar-refractivity contribution in [3.63, 3.8) is 0 Å². The molecule has 0 N–H and O–H groups in total. The van der Waals surface area contributed by atoms with Gasteiger partial charge in [0.25, 0.3) is 5.91 Å². The molecule has 1 aliphatic rings. The summed E-state index contributed by atoms with van der Waals surface area (Å²) < 4.78 is 13.6. The van der Waals surface area contributed by atoms with E-state index in [1.807, 2.05) is 0 Å². The lowest BCUT2D eigenvalue weighted by Crippen LogP contribution is -2.32. The minimum atomic E-state index is -0.418. The van der Waals surface area contributed by atoms with Gasteiger partial charge in [0, 0.05) is 13.1 Å². The van der Waals surface area contributed by atoms with Crippen molar-refractivity contribution in [2.24, 2.45) is 5.92 Å². The van der Waals surface area contributed by atoms with Crippen molar-refractivity contribution in [1.82, 2.24) is 4.90 Å². The molecule has 0 saturated carbocycles. The number of hydrogen-bond donors (Lipinski definition) is 0. The number of carbonyl (C=O) groups is 1. The Morgan fingerprint density at radius 3 is 2.83 bits per heavy atom.